The molecule has 0 saturated carbocycles. The van der Waals surface area contributed by atoms with Crippen LogP contribution >= 0.6 is 0 Å². The molecule has 19 heavy (non-hydrogen) atoms. The Bertz CT molecular complexity index is 397. The van der Waals surface area contributed by atoms with Crippen LogP contribution in [-0.4, -0.2) is 68.2 Å². The Morgan fingerprint density at radius 3 is 2.58 bits per heavy atom. The van der Waals surface area contributed by atoms with Gasteiger partial charge in [-0.1, -0.05) is 13.8 Å². The van der Waals surface area contributed by atoms with Crippen LogP contribution in [0.1, 0.15) is 33.1 Å². The van der Waals surface area contributed by atoms with E-state index in [0.29, 0.717) is 37.8 Å². The van der Waals surface area contributed by atoms with Gasteiger partial charge in [-0.15, -0.1) is 0 Å². The SMILES string of the molecule is CC(C)NCCS(=O)(=O)N1CCC2CCC(C1)N2C. The van der Waals surface area contributed by atoms with Crippen LogP contribution in [0.5, 0.6) is 0 Å². The molecule has 112 valence electrons. The molecule has 0 aliphatic carbocycles. The second-order valence-corrected chi connectivity index (χ2v) is 8.21. The zero-order chi connectivity index (χ0) is 14.0. The topological polar surface area (TPSA) is 52.7 Å². The number of fused-ring (bicyclic) bond motifs is 2. The zero-order valence-corrected chi connectivity index (χ0v) is 13.1. The molecule has 0 spiro atoms. The third kappa shape index (κ3) is 3.68. The predicted molar refractivity (Wildman–Crippen MR) is 77.7 cm³/mol. The number of hydrogen-bond acceptors (Lipinski definition) is 4. The van der Waals surface area contributed by atoms with Crippen LogP contribution in [0.15, 0.2) is 0 Å². The molecule has 2 aliphatic heterocycles. The van der Waals surface area contributed by atoms with Gasteiger partial charge in [-0.2, -0.15) is 0 Å². The minimum Gasteiger partial charge on any atom is -0.313 e. The number of sulfonamides is 1. The average molecular weight is 289 g/mol. The van der Waals surface area contributed by atoms with Crippen molar-refractivity contribution in [1.82, 2.24) is 14.5 Å². The largest absolute Gasteiger partial charge is 0.313 e. The van der Waals surface area contributed by atoms with Gasteiger partial charge in [0.25, 0.3) is 0 Å². The molecule has 0 aromatic rings. The van der Waals surface area contributed by atoms with Crippen molar-refractivity contribution in [3.05, 3.63) is 0 Å². The summed E-state index contributed by atoms with van der Waals surface area (Å²) < 4.78 is 26.5. The van der Waals surface area contributed by atoms with Gasteiger partial charge < -0.3 is 5.32 Å². The van der Waals surface area contributed by atoms with E-state index in [-0.39, 0.29) is 5.75 Å². The molecule has 2 saturated heterocycles. The number of rotatable bonds is 5. The maximum absolute atomic E-state index is 12.4. The first-order valence-electron chi connectivity index (χ1n) is 7.33. The summed E-state index contributed by atoms with van der Waals surface area (Å²) in [4.78, 5) is 2.38. The molecule has 5 nitrogen and oxygen atoms in total. The predicted octanol–water partition coefficient (Wildman–Crippen LogP) is 0.483. The van der Waals surface area contributed by atoms with E-state index in [1.165, 1.54) is 6.42 Å². The normalized spacial score (nSPS) is 29.9. The zero-order valence-electron chi connectivity index (χ0n) is 12.3. The molecule has 2 bridgehead atoms. The summed E-state index contributed by atoms with van der Waals surface area (Å²) in [5, 5.41) is 3.18. The standard InChI is InChI=1S/C13H27N3O2S/c1-11(2)14-7-9-19(17,18)16-8-6-12-4-5-13(10-16)15(12)3/h11-14H,4-10H2,1-3H3. The van der Waals surface area contributed by atoms with Crippen LogP contribution in [0.25, 0.3) is 0 Å². The molecule has 2 rings (SSSR count). The van der Waals surface area contributed by atoms with Crippen molar-refractivity contribution < 1.29 is 8.42 Å². The maximum atomic E-state index is 12.4. The van der Waals surface area contributed by atoms with Crippen LogP contribution in [0.4, 0.5) is 0 Å². The molecule has 0 aromatic heterocycles. The second-order valence-electron chi connectivity index (χ2n) is 6.12. The number of likely N-dealkylation sites (N-methyl/N-ethyl adjacent to an activating group) is 1. The highest BCUT2D eigenvalue weighted by molar-refractivity contribution is 7.89. The van der Waals surface area contributed by atoms with Crippen LogP contribution in [0.2, 0.25) is 0 Å². The molecule has 2 heterocycles. The fourth-order valence-electron chi connectivity index (χ4n) is 3.14. The minimum atomic E-state index is -3.10. The van der Waals surface area contributed by atoms with Crippen molar-refractivity contribution in [3.8, 4) is 0 Å². The van der Waals surface area contributed by atoms with Gasteiger partial charge >= 0.3 is 0 Å². The minimum absolute atomic E-state index is 0.215. The van der Waals surface area contributed by atoms with Crippen molar-refractivity contribution in [2.24, 2.45) is 0 Å². The van der Waals surface area contributed by atoms with Gasteiger partial charge in [0, 0.05) is 37.8 Å². The van der Waals surface area contributed by atoms with Crippen LogP contribution < -0.4 is 5.32 Å². The molecule has 2 aliphatic rings. The highest BCUT2D eigenvalue weighted by Gasteiger charge is 2.37. The summed E-state index contributed by atoms with van der Waals surface area (Å²) >= 11 is 0. The molecule has 0 amide bonds. The van der Waals surface area contributed by atoms with E-state index < -0.39 is 10.0 Å². The summed E-state index contributed by atoms with van der Waals surface area (Å²) in [7, 11) is -0.966. The number of nitrogens with one attached hydrogen (secondary N) is 1. The van der Waals surface area contributed by atoms with E-state index in [1.807, 2.05) is 13.8 Å². The van der Waals surface area contributed by atoms with E-state index in [0.717, 1.165) is 12.8 Å². The Kier molecular flexibility index (Phi) is 4.87. The monoisotopic (exact) mass is 289 g/mol. The van der Waals surface area contributed by atoms with Crippen molar-refractivity contribution in [2.45, 2.75) is 51.2 Å². The Labute approximate surface area is 117 Å². The molecule has 2 fully saturated rings. The Morgan fingerprint density at radius 2 is 1.89 bits per heavy atom. The molecule has 0 aromatic carbocycles. The van der Waals surface area contributed by atoms with Crippen LogP contribution in [0, 0.1) is 0 Å². The van der Waals surface area contributed by atoms with Crippen molar-refractivity contribution >= 4 is 10.0 Å². The van der Waals surface area contributed by atoms with E-state index in [4.69, 9.17) is 0 Å². The lowest BCUT2D eigenvalue weighted by molar-refractivity contribution is 0.246. The quantitative estimate of drug-likeness (QED) is 0.800. The second kappa shape index (κ2) is 6.08. The lowest BCUT2D eigenvalue weighted by atomic mass is 10.1. The molecule has 0 radical (unpaired) electrons. The first-order valence-corrected chi connectivity index (χ1v) is 8.94. The molecule has 2 unspecified atom stereocenters. The van der Waals surface area contributed by atoms with E-state index in [2.05, 4.69) is 17.3 Å². The molecular formula is C13H27N3O2S. The Balaban J connectivity index is 1.93. The lowest BCUT2D eigenvalue weighted by Crippen LogP contribution is -2.42. The molecule has 6 heteroatoms. The molecular weight excluding hydrogens is 262 g/mol. The lowest BCUT2D eigenvalue weighted by Gasteiger charge is -2.25. The van der Waals surface area contributed by atoms with Crippen LogP contribution in [-0.2, 0) is 10.0 Å². The molecule has 1 N–H and O–H groups in total. The Hall–Kier alpha value is -0.170. The van der Waals surface area contributed by atoms with Gasteiger partial charge in [-0.05, 0) is 26.3 Å². The summed E-state index contributed by atoms with van der Waals surface area (Å²) in [5.41, 5.74) is 0. The molecule has 2 atom stereocenters. The van der Waals surface area contributed by atoms with Crippen molar-refractivity contribution in [3.63, 3.8) is 0 Å². The average Bonchev–Trinajstić information content (AvgIpc) is 2.51. The fourth-order valence-corrected chi connectivity index (χ4v) is 4.55. The van der Waals surface area contributed by atoms with Gasteiger partial charge in [0.05, 0.1) is 5.75 Å². The van der Waals surface area contributed by atoms with Gasteiger partial charge in [0.2, 0.25) is 10.0 Å². The maximum Gasteiger partial charge on any atom is 0.215 e. The smallest absolute Gasteiger partial charge is 0.215 e. The van der Waals surface area contributed by atoms with Crippen molar-refractivity contribution in [2.75, 3.05) is 32.4 Å². The summed E-state index contributed by atoms with van der Waals surface area (Å²) in [6.07, 6.45) is 3.34. The van der Waals surface area contributed by atoms with Gasteiger partial charge in [-0.3, -0.25) is 4.90 Å². The summed E-state index contributed by atoms with van der Waals surface area (Å²) in [6, 6.07) is 1.33. The van der Waals surface area contributed by atoms with Gasteiger partial charge in [-0.25, -0.2) is 12.7 Å². The third-order valence-electron chi connectivity index (χ3n) is 4.42. The fraction of sp³-hybridized carbons (Fsp3) is 1.00. The number of nitrogens with zero attached hydrogens (tertiary/aromatic N) is 2. The van der Waals surface area contributed by atoms with Gasteiger partial charge in [0.1, 0.15) is 0 Å². The van der Waals surface area contributed by atoms with E-state index >= 15 is 0 Å². The third-order valence-corrected chi connectivity index (χ3v) is 6.26. The van der Waals surface area contributed by atoms with Crippen LogP contribution in [0.3, 0.4) is 0 Å². The van der Waals surface area contributed by atoms with E-state index in [1.54, 1.807) is 4.31 Å². The highest BCUT2D eigenvalue weighted by Crippen LogP contribution is 2.29. The first kappa shape index (κ1) is 15.2. The first-order chi connectivity index (χ1) is 8.90. The van der Waals surface area contributed by atoms with Gasteiger partial charge in [0.15, 0.2) is 0 Å². The summed E-state index contributed by atoms with van der Waals surface area (Å²) in [5.74, 6) is 0.215. The van der Waals surface area contributed by atoms with Crippen molar-refractivity contribution in [1.29, 1.82) is 0 Å². The number of hydrogen-bond donors (Lipinski definition) is 1. The summed E-state index contributed by atoms with van der Waals surface area (Å²) in [6.45, 7) is 5.98. The Morgan fingerprint density at radius 1 is 1.21 bits per heavy atom. The van der Waals surface area contributed by atoms with E-state index in [9.17, 15) is 8.42 Å². The highest BCUT2D eigenvalue weighted by atomic mass is 32.2.